The van der Waals surface area contributed by atoms with Gasteiger partial charge in [0.2, 0.25) is 0 Å². The van der Waals surface area contributed by atoms with Gasteiger partial charge in [0.05, 0.1) is 35.2 Å². The smallest absolute Gasteiger partial charge is 0.336 e. The quantitative estimate of drug-likeness (QED) is 0.225. The van der Waals surface area contributed by atoms with E-state index in [9.17, 15) is 29.8 Å². The van der Waals surface area contributed by atoms with Crippen molar-refractivity contribution in [2.45, 2.75) is 12.2 Å². The number of nitro groups is 2. The number of hydrogen-bond acceptors (Lipinski definition) is 9. The van der Waals surface area contributed by atoms with E-state index in [-0.39, 0.29) is 22.5 Å². The number of benzene rings is 2. The topological polar surface area (TPSA) is 148 Å². The summed E-state index contributed by atoms with van der Waals surface area (Å²) in [6.07, 6.45) is -2.42. The maximum Gasteiger partial charge on any atom is 0.336 e. The summed E-state index contributed by atoms with van der Waals surface area (Å²) in [5.74, 6) is -1.63. The number of rotatable bonds is 10. The van der Waals surface area contributed by atoms with Gasteiger partial charge in [0.15, 0.2) is 0 Å². The SMILES string of the molecule is C=C(C(=O)OC)[C@H](O[C@@H](C(=C)C(=O)OC)c1ccc([N+](=O)[O-])cc1)c1ccc([N+](=O)[O-])cc1. The number of nitro benzene ring substituents is 2. The zero-order chi connectivity index (χ0) is 24.7. The molecule has 11 nitrogen and oxygen atoms in total. The molecule has 0 radical (unpaired) electrons. The van der Waals surface area contributed by atoms with Gasteiger partial charge in [-0.15, -0.1) is 0 Å². The molecule has 0 aliphatic carbocycles. The molecule has 0 amide bonds. The van der Waals surface area contributed by atoms with Gasteiger partial charge < -0.3 is 14.2 Å². The van der Waals surface area contributed by atoms with E-state index in [1.807, 2.05) is 0 Å². The molecule has 2 atom stereocenters. The molecule has 0 spiro atoms. The molecule has 0 unspecified atom stereocenters. The van der Waals surface area contributed by atoms with Crippen molar-refractivity contribution in [3.05, 3.63) is 104 Å². The molecule has 0 fully saturated rings. The van der Waals surface area contributed by atoms with Crippen LogP contribution in [0.3, 0.4) is 0 Å². The van der Waals surface area contributed by atoms with Gasteiger partial charge >= 0.3 is 11.9 Å². The second-order valence-electron chi connectivity index (χ2n) is 6.63. The summed E-state index contributed by atoms with van der Waals surface area (Å²) in [5, 5.41) is 22.0. The summed E-state index contributed by atoms with van der Waals surface area (Å²) in [6, 6.07) is 10.3. The van der Waals surface area contributed by atoms with E-state index in [0.29, 0.717) is 11.1 Å². The van der Waals surface area contributed by atoms with E-state index in [1.165, 1.54) is 48.5 Å². The van der Waals surface area contributed by atoms with Gasteiger partial charge in [-0.25, -0.2) is 9.59 Å². The molecule has 0 aromatic heterocycles. The van der Waals surface area contributed by atoms with Crippen LogP contribution in [0.15, 0.2) is 72.8 Å². The van der Waals surface area contributed by atoms with E-state index in [2.05, 4.69) is 13.2 Å². The van der Waals surface area contributed by atoms with Crippen LogP contribution in [0.1, 0.15) is 23.3 Å². The highest BCUT2D eigenvalue weighted by Gasteiger charge is 2.31. The molecule has 2 aromatic carbocycles. The Morgan fingerprint density at radius 3 is 1.27 bits per heavy atom. The van der Waals surface area contributed by atoms with Gasteiger partial charge in [0.1, 0.15) is 12.2 Å². The molecule has 2 rings (SSSR count). The van der Waals surface area contributed by atoms with E-state index >= 15 is 0 Å². The zero-order valence-electron chi connectivity index (χ0n) is 17.8. The Kier molecular flexibility index (Phi) is 8.13. The first-order valence-corrected chi connectivity index (χ1v) is 9.29. The fraction of sp³-hybridized carbons (Fsp3) is 0.182. The van der Waals surface area contributed by atoms with Gasteiger partial charge in [0, 0.05) is 24.3 Å². The lowest BCUT2D eigenvalue weighted by atomic mass is 9.98. The first-order valence-electron chi connectivity index (χ1n) is 9.29. The maximum absolute atomic E-state index is 12.2. The second kappa shape index (κ2) is 10.8. The van der Waals surface area contributed by atoms with Crippen LogP contribution in [0, 0.1) is 20.2 Å². The molecule has 172 valence electrons. The Labute approximate surface area is 188 Å². The maximum atomic E-state index is 12.2. The highest BCUT2D eigenvalue weighted by molar-refractivity contribution is 5.90. The highest BCUT2D eigenvalue weighted by Crippen LogP contribution is 2.37. The number of non-ortho nitro benzene ring substituents is 2. The number of esters is 2. The van der Waals surface area contributed by atoms with Gasteiger partial charge in [-0.3, -0.25) is 20.2 Å². The fourth-order valence-electron chi connectivity index (χ4n) is 2.88. The zero-order valence-corrected chi connectivity index (χ0v) is 17.8. The van der Waals surface area contributed by atoms with Crippen molar-refractivity contribution < 1.29 is 33.6 Å². The average molecular weight is 456 g/mol. The van der Waals surface area contributed by atoms with E-state index in [4.69, 9.17) is 14.2 Å². The van der Waals surface area contributed by atoms with Gasteiger partial charge in [-0.05, 0) is 35.4 Å². The third kappa shape index (κ3) is 5.86. The molecule has 0 aliphatic heterocycles. The van der Waals surface area contributed by atoms with Crippen LogP contribution in [0.4, 0.5) is 11.4 Å². The Morgan fingerprint density at radius 2 is 1.03 bits per heavy atom. The highest BCUT2D eigenvalue weighted by atomic mass is 16.6. The third-order valence-electron chi connectivity index (χ3n) is 4.61. The molecule has 33 heavy (non-hydrogen) atoms. The number of ether oxygens (including phenoxy) is 3. The summed E-state index contributed by atoms with van der Waals surface area (Å²) in [5.41, 5.74) is -0.0767. The lowest BCUT2D eigenvalue weighted by Crippen LogP contribution is -2.21. The molecule has 2 aromatic rings. The van der Waals surface area contributed by atoms with Crippen LogP contribution in [0.5, 0.6) is 0 Å². The molecular formula is C22H20N2O9. The monoisotopic (exact) mass is 456 g/mol. The second-order valence-corrected chi connectivity index (χ2v) is 6.63. The molecule has 11 heteroatoms. The van der Waals surface area contributed by atoms with Crippen molar-refractivity contribution in [3.8, 4) is 0 Å². The molecule has 0 heterocycles. The number of nitrogens with zero attached hydrogens (tertiary/aromatic N) is 2. The molecule has 0 N–H and O–H groups in total. The predicted octanol–water partition coefficient (Wildman–Crippen LogP) is 3.76. The first-order chi connectivity index (χ1) is 15.6. The third-order valence-corrected chi connectivity index (χ3v) is 4.61. The lowest BCUT2D eigenvalue weighted by molar-refractivity contribution is -0.385. The van der Waals surface area contributed by atoms with Crippen molar-refractivity contribution >= 4 is 23.3 Å². The number of carbonyl (C=O) groups is 2. The summed E-state index contributed by atoms with van der Waals surface area (Å²) < 4.78 is 15.5. The normalized spacial score (nSPS) is 12.2. The average Bonchev–Trinajstić information content (AvgIpc) is 2.83. The van der Waals surface area contributed by atoms with Crippen molar-refractivity contribution in [2.24, 2.45) is 0 Å². The first kappa shape index (κ1) is 24.9. The van der Waals surface area contributed by atoms with Crippen LogP contribution >= 0.6 is 0 Å². The van der Waals surface area contributed by atoms with Crippen molar-refractivity contribution in [3.63, 3.8) is 0 Å². The minimum Gasteiger partial charge on any atom is -0.466 e. The van der Waals surface area contributed by atoms with Crippen molar-refractivity contribution in [2.75, 3.05) is 14.2 Å². The number of hydrogen-bond donors (Lipinski definition) is 0. The molecule has 0 bridgehead atoms. The standard InChI is InChI=1S/C22H20N2O9/c1-13(21(25)31-3)19(15-5-9-17(10-6-15)23(27)28)33-20(14(2)22(26)32-4)16-7-11-18(12-8-16)24(29)30/h5-12,19-20H,1-2H2,3-4H3/t19-,20-/m0/s1. The van der Waals surface area contributed by atoms with Crippen LogP contribution in [0.2, 0.25) is 0 Å². The summed E-state index contributed by atoms with van der Waals surface area (Å²) in [6.45, 7) is 7.40. The van der Waals surface area contributed by atoms with Crippen LogP contribution in [0.25, 0.3) is 0 Å². The number of carbonyl (C=O) groups excluding carboxylic acids is 2. The van der Waals surface area contributed by atoms with Crippen LogP contribution in [-0.4, -0.2) is 36.0 Å². The summed E-state index contributed by atoms with van der Waals surface area (Å²) in [7, 11) is 2.28. The predicted molar refractivity (Wildman–Crippen MR) is 115 cm³/mol. The molecular weight excluding hydrogens is 436 g/mol. The Morgan fingerprint density at radius 1 is 0.727 bits per heavy atom. The largest absolute Gasteiger partial charge is 0.466 e. The van der Waals surface area contributed by atoms with E-state index in [1.54, 1.807) is 0 Å². The minimum atomic E-state index is -1.21. The fourth-order valence-corrected chi connectivity index (χ4v) is 2.88. The molecule has 0 aliphatic rings. The molecule has 0 saturated heterocycles. The lowest BCUT2D eigenvalue weighted by Gasteiger charge is -2.27. The van der Waals surface area contributed by atoms with E-state index in [0.717, 1.165) is 14.2 Å². The molecule has 0 saturated carbocycles. The van der Waals surface area contributed by atoms with E-state index < -0.39 is 34.0 Å². The van der Waals surface area contributed by atoms with Gasteiger partial charge in [0.25, 0.3) is 11.4 Å². The Balaban J connectivity index is 2.55. The number of methoxy groups -OCH3 is 2. The van der Waals surface area contributed by atoms with Crippen LogP contribution < -0.4 is 0 Å². The van der Waals surface area contributed by atoms with Crippen molar-refractivity contribution in [1.29, 1.82) is 0 Å². The Hall–Kier alpha value is -4.38. The Bertz CT molecular complexity index is 1000. The summed E-state index contributed by atoms with van der Waals surface area (Å²) >= 11 is 0. The van der Waals surface area contributed by atoms with Gasteiger partial charge in [-0.1, -0.05) is 13.2 Å². The van der Waals surface area contributed by atoms with Gasteiger partial charge in [-0.2, -0.15) is 0 Å². The van der Waals surface area contributed by atoms with Crippen molar-refractivity contribution in [1.82, 2.24) is 0 Å². The minimum absolute atomic E-state index is 0.157. The van der Waals surface area contributed by atoms with Crippen LogP contribution in [-0.2, 0) is 23.8 Å². The summed E-state index contributed by atoms with van der Waals surface area (Å²) in [4.78, 5) is 45.2.